The molecule has 1 saturated carbocycles. The minimum atomic E-state index is 0.640. The van der Waals surface area contributed by atoms with Gasteiger partial charge in [0, 0.05) is 10.7 Å². The van der Waals surface area contributed by atoms with Gasteiger partial charge in [-0.2, -0.15) is 0 Å². The fraction of sp³-hybridized carbons (Fsp3) is 0.579. The highest BCUT2D eigenvalue weighted by atomic mass is 32.1. The van der Waals surface area contributed by atoms with E-state index in [2.05, 4.69) is 42.0 Å². The predicted octanol–water partition coefficient (Wildman–Crippen LogP) is 5.39. The molecule has 0 radical (unpaired) electrons. The van der Waals surface area contributed by atoms with Crippen LogP contribution in [0.25, 0.3) is 10.1 Å². The van der Waals surface area contributed by atoms with E-state index in [0.717, 1.165) is 5.92 Å². The van der Waals surface area contributed by atoms with Gasteiger partial charge in [0.25, 0.3) is 0 Å². The molecule has 1 fully saturated rings. The van der Waals surface area contributed by atoms with Gasteiger partial charge in [-0.1, -0.05) is 50.3 Å². The summed E-state index contributed by atoms with van der Waals surface area (Å²) in [7, 11) is 2.15. The summed E-state index contributed by atoms with van der Waals surface area (Å²) < 4.78 is 1.43. The van der Waals surface area contributed by atoms with Crippen molar-refractivity contribution in [3.8, 4) is 0 Å². The van der Waals surface area contributed by atoms with Gasteiger partial charge in [0.15, 0.2) is 0 Å². The molecule has 1 aromatic heterocycles. The van der Waals surface area contributed by atoms with Crippen molar-refractivity contribution in [3.05, 3.63) is 35.2 Å². The molecular weight excluding hydrogens is 274 g/mol. The molecule has 3 rings (SSSR count). The third kappa shape index (κ3) is 3.67. The molecule has 1 atom stereocenters. The molecular formula is C19H27NS. The zero-order valence-corrected chi connectivity index (χ0v) is 13.9. The molecule has 0 aliphatic heterocycles. The zero-order valence-electron chi connectivity index (χ0n) is 13.1. The highest BCUT2D eigenvalue weighted by molar-refractivity contribution is 7.17. The summed E-state index contributed by atoms with van der Waals surface area (Å²) in [6.07, 6.45) is 11.2. The second kappa shape index (κ2) is 7.42. The lowest BCUT2D eigenvalue weighted by molar-refractivity contribution is 0.294. The summed E-state index contributed by atoms with van der Waals surface area (Å²) in [6, 6.07) is 9.48. The van der Waals surface area contributed by atoms with Crippen LogP contribution in [0.2, 0.25) is 0 Å². The quantitative estimate of drug-likeness (QED) is 0.798. The molecule has 1 heterocycles. The topological polar surface area (TPSA) is 12.0 Å². The van der Waals surface area contributed by atoms with Crippen LogP contribution in [0.4, 0.5) is 0 Å². The van der Waals surface area contributed by atoms with E-state index >= 15 is 0 Å². The molecule has 1 unspecified atom stereocenters. The average Bonchev–Trinajstić information content (AvgIpc) is 2.88. The Labute approximate surface area is 132 Å². The fourth-order valence-electron chi connectivity index (χ4n) is 3.82. The van der Waals surface area contributed by atoms with Crippen molar-refractivity contribution >= 4 is 21.4 Å². The van der Waals surface area contributed by atoms with Crippen LogP contribution in [0.15, 0.2) is 29.6 Å². The Morgan fingerprint density at radius 2 is 1.81 bits per heavy atom. The average molecular weight is 301 g/mol. The summed E-state index contributed by atoms with van der Waals surface area (Å²) in [5.74, 6) is 0.856. The number of hydrogen-bond donors (Lipinski definition) is 1. The second-order valence-electron chi connectivity index (χ2n) is 6.46. The van der Waals surface area contributed by atoms with Crippen molar-refractivity contribution in [2.45, 2.75) is 57.4 Å². The Morgan fingerprint density at radius 1 is 1.10 bits per heavy atom. The van der Waals surface area contributed by atoms with Gasteiger partial charge in [-0.25, -0.2) is 0 Å². The SMILES string of the molecule is CNC(Cc1csc2ccccc12)C1CCCCCCC1. The van der Waals surface area contributed by atoms with Gasteiger partial charge in [0.2, 0.25) is 0 Å². The van der Waals surface area contributed by atoms with Crippen molar-refractivity contribution in [2.75, 3.05) is 7.05 Å². The number of benzene rings is 1. The van der Waals surface area contributed by atoms with E-state index in [4.69, 9.17) is 0 Å². The van der Waals surface area contributed by atoms with Gasteiger partial charge in [-0.3, -0.25) is 0 Å². The molecule has 0 spiro atoms. The van der Waals surface area contributed by atoms with Crippen molar-refractivity contribution in [3.63, 3.8) is 0 Å². The first-order valence-corrected chi connectivity index (χ1v) is 9.39. The smallest absolute Gasteiger partial charge is 0.0345 e. The monoisotopic (exact) mass is 301 g/mol. The summed E-state index contributed by atoms with van der Waals surface area (Å²) in [5, 5.41) is 7.47. The molecule has 0 amide bonds. The van der Waals surface area contributed by atoms with Crippen LogP contribution in [0.5, 0.6) is 0 Å². The zero-order chi connectivity index (χ0) is 14.5. The normalized spacial score (nSPS) is 19.3. The second-order valence-corrected chi connectivity index (χ2v) is 7.37. The predicted molar refractivity (Wildman–Crippen MR) is 94.2 cm³/mol. The van der Waals surface area contributed by atoms with Gasteiger partial charge < -0.3 is 5.32 Å². The van der Waals surface area contributed by atoms with E-state index in [1.165, 1.54) is 67.0 Å². The molecule has 1 N–H and O–H groups in total. The van der Waals surface area contributed by atoms with Gasteiger partial charge >= 0.3 is 0 Å². The summed E-state index contributed by atoms with van der Waals surface area (Å²) in [5.41, 5.74) is 1.54. The van der Waals surface area contributed by atoms with Crippen LogP contribution in [-0.4, -0.2) is 13.1 Å². The number of nitrogens with one attached hydrogen (secondary N) is 1. The van der Waals surface area contributed by atoms with Crippen LogP contribution in [0, 0.1) is 5.92 Å². The standard InChI is InChI=1S/C19H27NS/c1-20-18(15-9-5-3-2-4-6-10-15)13-16-14-21-19-12-8-7-11-17(16)19/h7-8,11-12,14-15,18,20H,2-6,9-10,13H2,1H3. The van der Waals surface area contributed by atoms with Gasteiger partial charge in [-0.05, 0) is 54.6 Å². The van der Waals surface area contributed by atoms with Crippen LogP contribution in [0.1, 0.15) is 50.5 Å². The Hall–Kier alpha value is -0.860. The molecule has 114 valence electrons. The van der Waals surface area contributed by atoms with Crippen LogP contribution >= 0.6 is 11.3 Å². The van der Waals surface area contributed by atoms with E-state index in [1.807, 2.05) is 11.3 Å². The lowest BCUT2D eigenvalue weighted by Gasteiger charge is -2.28. The molecule has 1 nitrogen and oxygen atoms in total. The van der Waals surface area contributed by atoms with Gasteiger partial charge in [0.1, 0.15) is 0 Å². The Bertz CT molecular complexity index is 551. The maximum absolute atomic E-state index is 3.63. The molecule has 21 heavy (non-hydrogen) atoms. The number of fused-ring (bicyclic) bond motifs is 1. The highest BCUT2D eigenvalue weighted by Crippen LogP contribution is 2.30. The lowest BCUT2D eigenvalue weighted by atomic mass is 9.83. The van der Waals surface area contributed by atoms with Gasteiger partial charge in [0.05, 0.1) is 0 Å². The maximum atomic E-state index is 3.63. The molecule has 1 aliphatic rings. The van der Waals surface area contributed by atoms with Crippen LogP contribution in [0.3, 0.4) is 0 Å². The molecule has 2 aromatic rings. The van der Waals surface area contributed by atoms with Crippen molar-refractivity contribution in [1.29, 1.82) is 0 Å². The maximum Gasteiger partial charge on any atom is 0.0345 e. The van der Waals surface area contributed by atoms with E-state index < -0.39 is 0 Å². The highest BCUT2D eigenvalue weighted by Gasteiger charge is 2.22. The minimum Gasteiger partial charge on any atom is -0.316 e. The van der Waals surface area contributed by atoms with Crippen molar-refractivity contribution < 1.29 is 0 Å². The Morgan fingerprint density at radius 3 is 2.57 bits per heavy atom. The molecule has 0 bridgehead atoms. The van der Waals surface area contributed by atoms with Crippen LogP contribution in [-0.2, 0) is 6.42 Å². The van der Waals surface area contributed by atoms with E-state index in [1.54, 1.807) is 0 Å². The molecule has 1 aliphatic carbocycles. The number of hydrogen-bond acceptors (Lipinski definition) is 2. The van der Waals surface area contributed by atoms with Crippen LogP contribution < -0.4 is 5.32 Å². The van der Waals surface area contributed by atoms with E-state index in [0.29, 0.717) is 6.04 Å². The Balaban J connectivity index is 1.73. The largest absolute Gasteiger partial charge is 0.316 e. The molecule has 1 aromatic carbocycles. The first-order valence-electron chi connectivity index (χ1n) is 8.51. The van der Waals surface area contributed by atoms with E-state index in [9.17, 15) is 0 Å². The van der Waals surface area contributed by atoms with Crippen molar-refractivity contribution in [2.24, 2.45) is 5.92 Å². The summed E-state index contributed by atoms with van der Waals surface area (Å²) >= 11 is 1.89. The van der Waals surface area contributed by atoms with Crippen molar-refractivity contribution in [1.82, 2.24) is 5.32 Å². The lowest BCUT2D eigenvalue weighted by Crippen LogP contribution is -2.36. The third-order valence-electron chi connectivity index (χ3n) is 5.09. The van der Waals surface area contributed by atoms with E-state index in [-0.39, 0.29) is 0 Å². The Kier molecular flexibility index (Phi) is 5.32. The number of likely N-dealkylation sites (N-methyl/N-ethyl adjacent to an activating group) is 1. The summed E-state index contributed by atoms with van der Waals surface area (Å²) in [6.45, 7) is 0. The third-order valence-corrected chi connectivity index (χ3v) is 6.10. The fourth-order valence-corrected chi connectivity index (χ4v) is 4.80. The number of thiophene rings is 1. The number of rotatable bonds is 4. The minimum absolute atomic E-state index is 0.640. The summed E-state index contributed by atoms with van der Waals surface area (Å²) in [4.78, 5) is 0. The first-order chi connectivity index (χ1) is 10.4. The molecule has 0 saturated heterocycles. The molecule has 2 heteroatoms. The van der Waals surface area contributed by atoms with Gasteiger partial charge in [-0.15, -0.1) is 11.3 Å². The first kappa shape index (κ1) is 15.1.